The molecule has 1 N–H and O–H groups in total. The van der Waals surface area contributed by atoms with Crippen LogP contribution in [0.1, 0.15) is 38.8 Å². The first-order chi connectivity index (χ1) is 19.3. The van der Waals surface area contributed by atoms with E-state index in [0.29, 0.717) is 11.5 Å². The lowest BCUT2D eigenvalue weighted by atomic mass is 10.1. The average molecular weight is 582 g/mol. The summed E-state index contributed by atoms with van der Waals surface area (Å²) in [5, 5.41) is 2.92. The molecule has 0 saturated heterocycles. The number of hydrogen-bond donors (Lipinski definition) is 1. The summed E-state index contributed by atoms with van der Waals surface area (Å²) in [7, 11) is -1.28. The van der Waals surface area contributed by atoms with Gasteiger partial charge in [0.25, 0.3) is 10.0 Å². The summed E-state index contributed by atoms with van der Waals surface area (Å²) in [4.78, 5) is 28.6. The maximum atomic E-state index is 14.0. The van der Waals surface area contributed by atoms with Crippen molar-refractivity contribution in [1.82, 2.24) is 10.2 Å². The molecule has 1 unspecified atom stereocenters. The zero-order chi connectivity index (χ0) is 30.4. The maximum Gasteiger partial charge on any atom is 0.264 e. The van der Waals surface area contributed by atoms with Crippen LogP contribution in [0.15, 0.2) is 77.7 Å². The van der Waals surface area contributed by atoms with Crippen molar-refractivity contribution in [3.05, 3.63) is 83.9 Å². The standard InChI is InChI=1S/C31H39N3O6S/c1-22-13-16-26(17-14-22)41(37,38)34(25-15-18-27(39-6)28(19-25)40-7)21-29(35)33(20-24-11-9-8-10-12-24)23(2)30(36)32-31(3,4)5/h8-19,23H,20-21H2,1-7H3,(H,32,36). The SMILES string of the molecule is COc1ccc(N(CC(=O)N(Cc2ccccc2)C(C)C(=O)NC(C)(C)C)S(=O)(=O)c2ccc(C)cc2)cc1OC. The van der Waals surface area contributed by atoms with Gasteiger partial charge < -0.3 is 19.7 Å². The van der Waals surface area contributed by atoms with E-state index < -0.39 is 34.1 Å². The predicted octanol–water partition coefficient (Wildman–Crippen LogP) is 4.54. The summed E-state index contributed by atoms with van der Waals surface area (Å²) >= 11 is 0. The van der Waals surface area contributed by atoms with Gasteiger partial charge in [-0.15, -0.1) is 0 Å². The first-order valence-electron chi connectivity index (χ1n) is 13.2. The monoisotopic (exact) mass is 581 g/mol. The minimum absolute atomic E-state index is 0.0267. The fourth-order valence-corrected chi connectivity index (χ4v) is 5.59. The van der Waals surface area contributed by atoms with Crippen molar-refractivity contribution < 1.29 is 27.5 Å². The van der Waals surface area contributed by atoms with Gasteiger partial charge in [0.05, 0.1) is 24.8 Å². The molecule has 0 saturated carbocycles. The lowest BCUT2D eigenvalue weighted by molar-refractivity contribution is -0.140. The topological polar surface area (TPSA) is 105 Å². The molecule has 3 aromatic rings. The summed E-state index contributed by atoms with van der Waals surface area (Å²) in [6.07, 6.45) is 0. The number of carbonyl (C=O) groups excluding carboxylic acids is 2. The zero-order valence-corrected chi connectivity index (χ0v) is 25.5. The van der Waals surface area contributed by atoms with Gasteiger partial charge in [-0.3, -0.25) is 13.9 Å². The molecule has 2 amide bonds. The van der Waals surface area contributed by atoms with Crippen LogP contribution >= 0.6 is 0 Å². The molecule has 41 heavy (non-hydrogen) atoms. The van der Waals surface area contributed by atoms with Crippen LogP contribution in [0.5, 0.6) is 11.5 Å². The fourth-order valence-electron chi connectivity index (χ4n) is 4.18. The first-order valence-corrected chi connectivity index (χ1v) is 14.7. The summed E-state index contributed by atoms with van der Waals surface area (Å²) in [5.74, 6) is -0.175. The number of benzene rings is 3. The number of aryl methyl sites for hydroxylation is 1. The molecule has 0 aliphatic carbocycles. The van der Waals surface area contributed by atoms with Gasteiger partial charge in [-0.25, -0.2) is 8.42 Å². The largest absolute Gasteiger partial charge is 0.493 e. The van der Waals surface area contributed by atoms with Crippen molar-refractivity contribution in [2.45, 2.75) is 57.6 Å². The van der Waals surface area contributed by atoms with Crippen LogP contribution in [0.2, 0.25) is 0 Å². The second kappa shape index (κ2) is 13.1. The summed E-state index contributed by atoms with van der Waals surface area (Å²) in [6, 6.07) is 19.4. The number of ether oxygens (including phenoxy) is 2. The summed E-state index contributed by atoms with van der Waals surface area (Å²) in [5.41, 5.74) is 1.39. The van der Waals surface area contributed by atoms with E-state index in [2.05, 4.69) is 5.32 Å². The van der Waals surface area contributed by atoms with E-state index in [0.717, 1.165) is 15.4 Å². The van der Waals surface area contributed by atoms with Gasteiger partial charge in [0.1, 0.15) is 12.6 Å². The second-order valence-electron chi connectivity index (χ2n) is 10.8. The number of carbonyl (C=O) groups is 2. The molecule has 0 spiro atoms. The number of methoxy groups -OCH3 is 2. The lowest BCUT2D eigenvalue weighted by Gasteiger charge is -2.33. The fraction of sp³-hybridized carbons (Fsp3) is 0.355. The van der Waals surface area contributed by atoms with Crippen LogP contribution in [-0.4, -0.2) is 57.5 Å². The molecule has 0 bridgehead atoms. The van der Waals surface area contributed by atoms with Crippen LogP contribution in [0, 0.1) is 6.92 Å². The van der Waals surface area contributed by atoms with E-state index in [1.165, 1.54) is 37.3 Å². The Morgan fingerprint density at radius 1 is 0.902 bits per heavy atom. The number of nitrogens with zero attached hydrogens (tertiary/aromatic N) is 2. The molecule has 220 valence electrons. The van der Waals surface area contributed by atoms with E-state index >= 15 is 0 Å². The third-order valence-corrected chi connectivity index (χ3v) is 8.19. The molecule has 0 aromatic heterocycles. The lowest BCUT2D eigenvalue weighted by Crippen LogP contribution is -2.54. The molecule has 0 aliphatic heterocycles. The molecule has 10 heteroatoms. The average Bonchev–Trinajstić information content (AvgIpc) is 2.93. The summed E-state index contributed by atoms with van der Waals surface area (Å²) in [6.45, 7) is 8.62. The van der Waals surface area contributed by atoms with Gasteiger partial charge in [-0.1, -0.05) is 48.0 Å². The number of nitrogens with one attached hydrogen (secondary N) is 1. The molecule has 3 aromatic carbocycles. The Labute approximate surface area is 243 Å². The van der Waals surface area contributed by atoms with Crippen molar-refractivity contribution in [2.24, 2.45) is 0 Å². The number of hydrogen-bond acceptors (Lipinski definition) is 6. The predicted molar refractivity (Wildman–Crippen MR) is 160 cm³/mol. The van der Waals surface area contributed by atoms with E-state index in [-0.39, 0.29) is 23.0 Å². The van der Waals surface area contributed by atoms with Crippen molar-refractivity contribution >= 4 is 27.5 Å². The van der Waals surface area contributed by atoms with Crippen molar-refractivity contribution in [1.29, 1.82) is 0 Å². The number of amides is 2. The van der Waals surface area contributed by atoms with Crippen molar-refractivity contribution in [2.75, 3.05) is 25.1 Å². The third kappa shape index (κ3) is 8.00. The Morgan fingerprint density at radius 3 is 2.07 bits per heavy atom. The molecule has 0 aliphatic rings. The van der Waals surface area contributed by atoms with Gasteiger partial charge in [-0.05, 0) is 64.4 Å². The van der Waals surface area contributed by atoms with E-state index in [1.807, 2.05) is 58.0 Å². The molecule has 0 fully saturated rings. The zero-order valence-electron chi connectivity index (χ0n) is 24.7. The molecule has 0 heterocycles. The Morgan fingerprint density at radius 2 is 1.51 bits per heavy atom. The highest BCUT2D eigenvalue weighted by Gasteiger charge is 2.33. The number of sulfonamides is 1. The summed E-state index contributed by atoms with van der Waals surface area (Å²) < 4.78 is 39.8. The first kappa shape index (κ1) is 31.5. The molecule has 3 rings (SSSR count). The Kier molecular flexibility index (Phi) is 10.0. The highest BCUT2D eigenvalue weighted by Crippen LogP contribution is 2.34. The van der Waals surface area contributed by atoms with Crippen LogP contribution in [-0.2, 0) is 26.2 Å². The maximum absolute atomic E-state index is 14.0. The van der Waals surface area contributed by atoms with Gasteiger partial charge in [0, 0.05) is 18.2 Å². The Hall–Kier alpha value is -4.05. The van der Waals surface area contributed by atoms with Gasteiger partial charge in [0.2, 0.25) is 11.8 Å². The molecular weight excluding hydrogens is 542 g/mol. The quantitative estimate of drug-likeness (QED) is 0.357. The number of anilines is 1. The number of rotatable bonds is 11. The normalized spacial score (nSPS) is 12.3. The highest BCUT2D eigenvalue weighted by molar-refractivity contribution is 7.92. The molecular formula is C31H39N3O6S. The van der Waals surface area contributed by atoms with E-state index in [4.69, 9.17) is 9.47 Å². The van der Waals surface area contributed by atoms with E-state index in [1.54, 1.807) is 31.2 Å². The van der Waals surface area contributed by atoms with E-state index in [9.17, 15) is 18.0 Å². The molecule has 1 atom stereocenters. The highest BCUT2D eigenvalue weighted by atomic mass is 32.2. The Bertz CT molecular complexity index is 1450. The minimum atomic E-state index is -4.20. The van der Waals surface area contributed by atoms with Crippen molar-refractivity contribution in [3.63, 3.8) is 0 Å². The van der Waals surface area contributed by atoms with Gasteiger partial charge in [-0.2, -0.15) is 0 Å². The minimum Gasteiger partial charge on any atom is -0.493 e. The molecule has 9 nitrogen and oxygen atoms in total. The van der Waals surface area contributed by atoms with Crippen molar-refractivity contribution in [3.8, 4) is 11.5 Å². The second-order valence-corrected chi connectivity index (χ2v) is 12.6. The smallest absolute Gasteiger partial charge is 0.264 e. The van der Waals surface area contributed by atoms with Gasteiger partial charge >= 0.3 is 0 Å². The van der Waals surface area contributed by atoms with Crippen LogP contribution in [0.4, 0.5) is 5.69 Å². The van der Waals surface area contributed by atoms with Crippen LogP contribution in [0.25, 0.3) is 0 Å². The van der Waals surface area contributed by atoms with Gasteiger partial charge in [0.15, 0.2) is 11.5 Å². The Balaban J connectivity index is 2.08. The third-order valence-electron chi connectivity index (χ3n) is 6.40. The van der Waals surface area contributed by atoms with Crippen LogP contribution in [0.3, 0.4) is 0 Å². The van der Waals surface area contributed by atoms with Crippen LogP contribution < -0.4 is 19.1 Å². The molecule has 0 radical (unpaired) electrons.